The summed E-state index contributed by atoms with van der Waals surface area (Å²) in [5, 5.41) is 0. The number of H-pyrrole nitrogens is 1. The van der Waals surface area contributed by atoms with Crippen LogP contribution < -0.4 is 17.0 Å². The molecular formula is C14H13N3O5. The molecule has 1 aromatic heterocycles. The van der Waals surface area contributed by atoms with E-state index in [1.165, 1.54) is 19.2 Å². The fourth-order valence-electron chi connectivity index (χ4n) is 1.77. The second kappa shape index (κ2) is 6.08. The van der Waals surface area contributed by atoms with Gasteiger partial charge in [0.1, 0.15) is 11.4 Å². The monoisotopic (exact) mass is 303 g/mol. The van der Waals surface area contributed by atoms with E-state index in [-0.39, 0.29) is 11.4 Å². The number of nitrogen functional groups attached to an aromatic ring is 1. The van der Waals surface area contributed by atoms with E-state index in [1.807, 2.05) is 4.98 Å². The van der Waals surface area contributed by atoms with Crippen molar-refractivity contribution < 1.29 is 14.3 Å². The van der Waals surface area contributed by atoms with Gasteiger partial charge in [0.15, 0.2) is 6.61 Å². The number of hydrogen-bond acceptors (Lipinski definition) is 6. The van der Waals surface area contributed by atoms with Crippen molar-refractivity contribution in [2.45, 2.75) is 0 Å². The molecular weight excluding hydrogens is 290 g/mol. The topological polar surface area (TPSA) is 124 Å². The summed E-state index contributed by atoms with van der Waals surface area (Å²) in [5.41, 5.74) is 3.79. The minimum Gasteiger partial charge on any atom is -0.454 e. The number of rotatable bonds is 4. The summed E-state index contributed by atoms with van der Waals surface area (Å²) in [6, 6.07) is 8.08. The van der Waals surface area contributed by atoms with Gasteiger partial charge >= 0.3 is 11.7 Å². The standard InChI is InChI=1S/C14H13N3O5/c1-17-11(15)10(12(19)16-14(17)21)9(18)7-22-13(20)8-5-3-2-4-6-8/h2-6H,7,15H2,1H3,(H,16,19,21). The van der Waals surface area contributed by atoms with Gasteiger partial charge in [-0.25, -0.2) is 9.59 Å². The zero-order valence-electron chi connectivity index (χ0n) is 11.7. The third kappa shape index (κ3) is 2.95. The first-order valence-corrected chi connectivity index (χ1v) is 6.26. The van der Waals surface area contributed by atoms with Crippen molar-refractivity contribution in [2.24, 2.45) is 7.05 Å². The van der Waals surface area contributed by atoms with Crippen molar-refractivity contribution in [1.29, 1.82) is 0 Å². The van der Waals surface area contributed by atoms with Gasteiger partial charge in [-0.05, 0) is 12.1 Å². The molecule has 0 atom stereocenters. The van der Waals surface area contributed by atoms with Crippen molar-refractivity contribution in [3.05, 3.63) is 62.3 Å². The molecule has 0 amide bonds. The summed E-state index contributed by atoms with van der Waals surface area (Å²) in [5.74, 6) is -1.78. The fourth-order valence-corrected chi connectivity index (χ4v) is 1.77. The second-order valence-electron chi connectivity index (χ2n) is 4.44. The number of carbonyl (C=O) groups excluding carboxylic acids is 2. The molecule has 0 aliphatic carbocycles. The summed E-state index contributed by atoms with van der Waals surface area (Å²) < 4.78 is 5.76. The molecule has 2 aromatic rings. The van der Waals surface area contributed by atoms with Crippen molar-refractivity contribution in [3.63, 3.8) is 0 Å². The average molecular weight is 303 g/mol. The van der Waals surface area contributed by atoms with E-state index in [0.717, 1.165) is 4.57 Å². The molecule has 1 heterocycles. The van der Waals surface area contributed by atoms with Gasteiger partial charge in [0, 0.05) is 7.05 Å². The molecule has 8 nitrogen and oxygen atoms in total. The van der Waals surface area contributed by atoms with Gasteiger partial charge in [-0.3, -0.25) is 19.1 Å². The van der Waals surface area contributed by atoms with Gasteiger partial charge in [-0.2, -0.15) is 0 Å². The van der Waals surface area contributed by atoms with E-state index in [0.29, 0.717) is 0 Å². The first-order valence-electron chi connectivity index (χ1n) is 6.26. The molecule has 22 heavy (non-hydrogen) atoms. The number of anilines is 1. The number of nitrogens with two attached hydrogens (primary N) is 1. The molecule has 0 bridgehead atoms. The van der Waals surface area contributed by atoms with Gasteiger partial charge in [0.05, 0.1) is 5.56 Å². The molecule has 0 aliphatic heterocycles. The molecule has 1 aromatic carbocycles. The Morgan fingerprint density at radius 2 is 1.86 bits per heavy atom. The lowest BCUT2D eigenvalue weighted by molar-refractivity contribution is 0.0474. The minimum atomic E-state index is -0.915. The van der Waals surface area contributed by atoms with E-state index < -0.39 is 35.2 Å². The summed E-state index contributed by atoms with van der Waals surface area (Å²) in [7, 11) is 1.31. The second-order valence-corrected chi connectivity index (χ2v) is 4.44. The number of nitrogens with one attached hydrogen (secondary N) is 1. The Bertz CT molecular complexity index is 836. The molecule has 0 fully saturated rings. The Labute approximate surface area is 124 Å². The molecule has 3 N–H and O–H groups in total. The highest BCUT2D eigenvalue weighted by atomic mass is 16.5. The van der Waals surface area contributed by atoms with Crippen LogP contribution in [0.5, 0.6) is 0 Å². The van der Waals surface area contributed by atoms with Gasteiger partial charge in [0.2, 0.25) is 5.78 Å². The summed E-state index contributed by atoms with van der Waals surface area (Å²) in [6.45, 7) is -0.654. The maximum atomic E-state index is 12.0. The van der Waals surface area contributed by atoms with Crippen LogP contribution in [0.3, 0.4) is 0 Å². The number of benzene rings is 1. The summed E-state index contributed by atoms with van der Waals surface area (Å²) >= 11 is 0. The molecule has 114 valence electrons. The highest BCUT2D eigenvalue weighted by molar-refractivity contribution is 6.02. The quantitative estimate of drug-likeness (QED) is 0.590. The number of nitrogens with zero attached hydrogens (tertiary/aromatic N) is 1. The molecule has 2 rings (SSSR count). The Balaban J connectivity index is 2.18. The molecule has 0 unspecified atom stereocenters. The number of hydrogen-bond donors (Lipinski definition) is 2. The van der Waals surface area contributed by atoms with E-state index in [9.17, 15) is 19.2 Å². The summed E-state index contributed by atoms with van der Waals surface area (Å²) in [4.78, 5) is 48.7. The lowest BCUT2D eigenvalue weighted by Crippen LogP contribution is -2.35. The number of carbonyl (C=O) groups is 2. The maximum Gasteiger partial charge on any atom is 0.338 e. The predicted molar refractivity (Wildman–Crippen MR) is 77.8 cm³/mol. The van der Waals surface area contributed by atoms with Crippen LogP contribution in [0.4, 0.5) is 5.82 Å². The van der Waals surface area contributed by atoms with Crippen LogP contribution >= 0.6 is 0 Å². The molecule has 0 aliphatic rings. The van der Waals surface area contributed by atoms with E-state index in [2.05, 4.69) is 0 Å². The maximum absolute atomic E-state index is 12.0. The lowest BCUT2D eigenvalue weighted by Gasteiger charge is -2.08. The third-order valence-corrected chi connectivity index (χ3v) is 2.99. The number of aromatic amines is 1. The Morgan fingerprint density at radius 3 is 2.50 bits per heavy atom. The van der Waals surface area contributed by atoms with E-state index in [4.69, 9.17) is 10.5 Å². The van der Waals surface area contributed by atoms with Gasteiger partial charge in [0.25, 0.3) is 5.56 Å². The Kier molecular flexibility index (Phi) is 4.21. The number of ether oxygens (including phenoxy) is 1. The third-order valence-electron chi connectivity index (χ3n) is 2.99. The van der Waals surface area contributed by atoms with Crippen LogP contribution in [0.15, 0.2) is 39.9 Å². The fraction of sp³-hybridized carbons (Fsp3) is 0.143. The number of aromatic nitrogens is 2. The van der Waals surface area contributed by atoms with Crippen LogP contribution in [-0.4, -0.2) is 27.9 Å². The summed E-state index contributed by atoms with van der Waals surface area (Å²) in [6.07, 6.45) is 0. The molecule has 0 saturated carbocycles. The number of esters is 1. The van der Waals surface area contributed by atoms with Crippen LogP contribution in [0.2, 0.25) is 0 Å². The Morgan fingerprint density at radius 1 is 1.23 bits per heavy atom. The molecule has 0 spiro atoms. The molecule has 0 radical (unpaired) electrons. The van der Waals surface area contributed by atoms with E-state index in [1.54, 1.807) is 18.2 Å². The SMILES string of the molecule is Cn1c(N)c(C(=O)COC(=O)c2ccccc2)c(=O)[nH]c1=O. The highest BCUT2D eigenvalue weighted by Gasteiger charge is 2.19. The van der Waals surface area contributed by atoms with Crippen molar-refractivity contribution in [1.82, 2.24) is 9.55 Å². The van der Waals surface area contributed by atoms with Crippen molar-refractivity contribution in [2.75, 3.05) is 12.3 Å². The number of ketones is 1. The highest BCUT2D eigenvalue weighted by Crippen LogP contribution is 2.05. The first-order chi connectivity index (χ1) is 10.4. The van der Waals surface area contributed by atoms with Crippen LogP contribution in [0.25, 0.3) is 0 Å². The van der Waals surface area contributed by atoms with E-state index >= 15 is 0 Å². The molecule has 8 heteroatoms. The van der Waals surface area contributed by atoms with Gasteiger partial charge in [-0.1, -0.05) is 18.2 Å². The zero-order valence-corrected chi connectivity index (χ0v) is 11.7. The largest absolute Gasteiger partial charge is 0.454 e. The normalized spacial score (nSPS) is 10.2. The first kappa shape index (κ1) is 15.2. The van der Waals surface area contributed by atoms with Crippen LogP contribution in [-0.2, 0) is 11.8 Å². The predicted octanol–water partition coefficient (Wildman–Crippen LogP) is -0.305. The average Bonchev–Trinajstić information content (AvgIpc) is 2.51. The zero-order chi connectivity index (χ0) is 16.3. The van der Waals surface area contributed by atoms with Gasteiger partial charge < -0.3 is 10.5 Å². The van der Waals surface area contributed by atoms with Crippen LogP contribution in [0.1, 0.15) is 20.7 Å². The van der Waals surface area contributed by atoms with Crippen LogP contribution in [0, 0.1) is 0 Å². The lowest BCUT2D eigenvalue weighted by atomic mass is 10.2. The minimum absolute atomic E-state index is 0.276. The smallest absolute Gasteiger partial charge is 0.338 e. The Hall–Kier alpha value is -3.16. The molecule has 0 saturated heterocycles. The number of Topliss-reactive ketones (excluding diaryl/α,β-unsaturated/α-hetero) is 1. The van der Waals surface area contributed by atoms with Crippen molar-refractivity contribution >= 4 is 17.6 Å². The van der Waals surface area contributed by atoms with Gasteiger partial charge in [-0.15, -0.1) is 0 Å². The van der Waals surface area contributed by atoms with Crippen molar-refractivity contribution in [3.8, 4) is 0 Å².